The summed E-state index contributed by atoms with van der Waals surface area (Å²) in [7, 11) is 0. The van der Waals surface area contributed by atoms with Crippen LogP contribution >= 0.6 is 22.7 Å². The van der Waals surface area contributed by atoms with Gasteiger partial charge < -0.3 is 55.7 Å². The molecule has 0 spiro atoms. The lowest BCUT2D eigenvalue weighted by Gasteiger charge is -2.28. The van der Waals surface area contributed by atoms with Crippen LogP contribution in [0.4, 0.5) is 39.2 Å². The van der Waals surface area contributed by atoms with Crippen molar-refractivity contribution in [1.82, 2.24) is 35.2 Å². The molecule has 10 rings (SSSR count). The van der Waals surface area contributed by atoms with Gasteiger partial charge in [-0.05, 0) is 111 Å². The van der Waals surface area contributed by atoms with Crippen molar-refractivity contribution >= 4 is 84.7 Å². The summed E-state index contributed by atoms with van der Waals surface area (Å²) in [5, 5.41) is 17.8. The maximum Gasteiger partial charge on any atom is 0.407 e. The van der Waals surface area contributed by atoms with E-state index in [0.717, 1.165) is 114 Å². The Balaban J connectivity index is 0.000000179. The molecule has 2 aliphatic heterocycles. The first kappa shape index (κ1) is 48.8. The Morgan fingerprint density at radius 2 is 1.11 bits per heavy atom. The Kier molecular flexibility index (Phi) is 15.3. The van der Waals surface area contributed by atoms with Gasteiger partial charge in [-0.2, -0.15) is 0 Å². The number of aromatic nitrogens is 6. The van der Waals surface area contributed by atoms with Crippen LogP contribution in [0.1, 0.15) is 30.8 Å². The molecule has 2 aromatic carbocycles. The topological polar surface area (TPSA) is 231 Å². The van der Waals surface area contributed by atoms with Crippen molar-refractivity contribution in [2.75, 3.05) is 86.1 Å². The SMILES string of the molecule is CC(C)(C)OC(=O)NCCc1nc(-c2cc3cc[nH]c(=O)c3c(Nc3ccc(N4CCOCC4)cc3)n2)cs1.NCCc1nc(-c2cc3cc[nH]c(=O)c3c(Nc3ccc(N4CCOCC4)cc3)n2)cs1. The highest BCUT2D eigenvalue weighted by atomic mass is 32.1. The molecule has 368 valence electrons. The Hall–Kier alpha value is -7.23. The van der Waals surface area contributed by atoms with Gasteiger partial charge in [0.1, 0.15) is 17.2 Å². The van der Waals surface area contributed by atoms with Crippen LogP contribution in [0.25, 0.3) is 44.3 Å². The first-order chi connectivity index (χ1) is 34.5. The van der Waals surface area contributed by atoms with E-state index in [1.165, 1.54) is 11.3 Å². The van der Waals surface area contributed by atoms with Gasteiger partial charge in [0.2, 0.25) is 0 Å². The van der Waals surface area contributed by atoms with Crippen LogP contribution in [-0.2, 0) is 27.1 Å². The number of H-pyrrole nitrogens is 2. The number of amides is 1. The largest absolute Gasteiger partial charge is 0.444 e. The number of nitrogens with one attached hydrogen (secondary N) is 5. The summed E-state index contributed by atoms with van der Waals surface area (Å²) in [4.78, 5) is 66.3. The van der Waals surface area contributed by atoms with E-state index in [-0.39, 0.29) is 11.1 Å². The smallest absolute Gasteiger partial charge is 0.407 e. The number of morpholine rings is 2. The molecule has 0 atom stereocenters. The van der Waals surface area contributed by atoms with Crippen molar-refractivity contribution in [3.05, 3.63) is 127 Å². The van der Waals surface area contributed by atoms with Crippen LogP contribution in [0.3, 0.4) is 0 Å². The average Bonchev–Trinajstić information content (AvgIpc) is 4.05. The molecule has 0 saturated carbocycles. The summed E-state index contributed by atoms with van der Waals surface area (Å²) in [5.74, 6) is 0.969. The van der Waals surface area contributed by atoms with Gasteiger partial charge in [0, 0.05) is 91.5 Å². The summed E-state index contributed by atoms with van der Waals surface area (Å²) in [6, 6.07) is 23.7. The second-order valence-corrected chi connectivity index (χ2v) is 19.7. The van der Waals surface area contributed by atoms with E-state index >= 15 is 0 Å². The van der Waals surface area contributed by atoms with Crippen LogP contribution in [0.5, 0.6) is 0 Å². The van der Waals surface area contributed by atoms with Crippen LogP contribution in [0.15, 0.2) is 106 Å². The molecular weight excluding hydrogens is 941 g/mol. The number of benzene rings is 2. The van der Waals surface area contributed by atoms with Crippen molar-refractivity contribution in [1.29, 1.82) is 0 Å². The fourth-order valence-electron chi connectivity index (χ4n) is 8.10. The second kappa shape index (κ2) is 22.2. The van der Waals surface area contributed by atoms with Crippen LogP contribution in [0.2, 0.25) is 0 Å². The molecule has 8 aromatic rings. The number of pyridine rings is 4. The van der Waals surface area contributed by atoms with Crippen molar-refractivity contribution < 1.29 is 19.0 Å². The third-order valence-corrected chi connectivity index (χ3v) is 13.3. The fraction of sp³-hybridized carbons (Fsp3) is 0.314. The van der Waals surface area contributed by atoms with Gasteiger partial charge in [0.05, 0.1) is 70.0 Å². The minimum atomic E-state index is -0.543. The van der Waals surface area contributed by atoms with Crippen molar-refractivity contribution in [2.45, 2.75) is 39.2 Å². The van der Waals surface area contributed by atoms with E-state index in [1.807, 2.05) is 80.1 Å². The molecule has 0 radical (unpaired) electrons. The predicted molar refractivity (Wildman–Crippen MR) is 283 cm³/mol. The van der Waals surface area contributed by atoms with Crippen LogP contribution in [0, 0.1) is 0 Å². The number of ether oxygens (including phenoxy) is 3. The maximum absolute atomic E-state index is 12.7. The normalized spacial score (nSPS) is 14.0. The first-order valence-electron chi connectivity index (χ1n) is 23.5. The summed E-state index contributed by atoms with van der Waals surface area (Å²) < 4.78 is 16.2. The number of alkyl carbamates (subject to hydrolysis) is 1. The zero-order valence-corrected chi connectivity index (χ0v) is 41.4. The van der Waals surface area contributed by atoms with Gasteiger partial charge in [0.25, 0.3) is 11.1 Å². The third kappa shape index (κ3) is 12.4. The Bertz CT molecular complexity index is 3210. The zero-order valence-electron chi connectivity index (χ0n) is 39.7. The van der Waals surface area contributed by atoms with Gasteiger partial charge in [-0.1, -0.05) is 0 Å². The summed E-state index contributed by atoms with van der Waals surface area (Å²) in [5.41, 5.74) is 11.5. The lowest BCUT2D eigenvalue weighted by Crippen LogP contribution is -2.36. The first-order valence-corrected chi connectivity index (χ1v) is 25.2. The number of anilines is 6. The molecule has 0 aliphatic carbocycles. The number of aromatic amines is 2. The summed E-state index contributed by atoms with van der Waals surface area (Å²) in [6.45, 7) is 12.9. The van der Waals surface area contributed by atoms with E-state index in [4.69, 9.17) is 34.9 Å². The third-order valence-electron chi connectivity index (χ3n) is 11.5. The number of nitrogens with two attached hydrogens (primary N) is 1. The number of thiazole rings is 2. The molecule has 2 aliphatic rings. The van der Waals surface area contributed by atoms with Crippen molar-refractivity contribution in [3.8, 4) is 22.8 Å². The molecule has 20 heteroatoms. The number of carbonyl (C=O) groups excluding carboxylic acids is 1. The Morgan fingerprint density at radius 1 is 0.662 bits per heavy atom. The Labute approximate surface area is 417 Å². The highest BCUT2D eigenvalue weighted by molar-refractivity contribution is 7.10. The van der Waals surface area contributed by atoms with Gasteiger partial charge in [-0.3, -0.25) is 9.59 Å². The minimum Gasteiger partial charge on any atom is -0.444 e. The fourth-order valence-corrected chi connectivity index (χ4v) is 9.70. The molecule has 2 fully saturated rings. The highest BCUT2D eigenvalue weighted by Gasteiger charge is 2.19. The molecular formula is C51H56N12O6S2. The predicted octanol–water partition coefficient (Wildman–Crippen LogP) is 7.82. The van der Waals surface area contributed by atoms with E-state index in [9.17, 15) is 14.4 Å². The van der Waals surface area contributed by atoms with E-state index in [2.05, 4.69) is 65.0 Å². The molecule has 71 heavy (non-hydrogen) atoms. The molecule has 2 saturated heterocycles. The van der Waals surface area contributed by atoms with Crippen LogP contribution in [-0.4, -0.2) is 107 Å². The number of fused-ring (bicyclic) bond motifs is 2. The molecule has 0 unspecified atom stereocenters. The monoisotopic (exact) mass is 996 g/mol. The van der Waals surface area contributed by atoms with E-state index in [1.54, 1.807) is 23.7 Å². The molecule has 8 heterocycles. The maximum atomic E-state index is 12.7. The average molecular weight is 997 g/mol. The minimum absolute atomic E-state index is 0.184. The number of carbonyl (C=O) groups is 1. The van der Waals surface area contributed by atoms with E-state index < -0.39 is 11.7 Å². The lowest BCUT2D eigenvalue weighted by molar-refractivity contribution is 0.0528. The van der Waals surface area contributed by atoms with Gasteiger partial charge in [-0.15, -0.1) is 22.7 Å². The number of nitrogens with zero attached hydrogens (tertiary/aromatic N) is 6. The van der Waals surface area contributed by atoms with Gasteiger partial charge >= 0.3 is 6.09 Å². The molecule has 7 N–H and O–H groups in total. The zero-order chi connectivity index (χ0) is 49.3. The highest BCUT2D eigenvalue weighted by Crippen LogP contribution is 2.32. The van der Waals surface area contributed by atoms with Gasteiger partial charge in [0.15, 0.2) is 0 Å². The summed E-state index contributed by atoms with van der Waals surface area (Å²) >= 11 is 3.07. The quantitative estimate of drug-likeness (QED) is 0.0647. The van der Waals surface area contributed by atoms with Crippen molar-refractivity contribution in [3.63, 3.8) is 0 Å². The Morgan fingerprint density at radius 3 is 1.55 bits per heavy atom. The molecule has 6 aromatic heterocycles. The number of hydrogen-bond donors (Lipinski definition) is 6. The molecule has 0 bridgehead atoms. The number of hydrogen-bond acceptors (Lipinski definition) is 17. The molecule has 1 amide bonds. The standard InChI is InChI=1S/C28H32N6O4S.C23H24N6O2S/c1-28(2,3)38-27(36)30-11-9-23-32-22(17-39-23)21-16-18-8-10-29-26(35)24(18)25(33-21)31-19-4-6-20(7-5-19)34-12-14-37-15-13-34;24-7-5-20-27-19(14-32-20)18-13-15-6-8-25-23(30)21(15)22(28-18)26-16-1-3-17(4-2-16)29-9-11-31-12-10-29/h4-8,10,16-17H,9,11-15H2,1-3H3,(H,29,35)(H,30,36)(H,31,33);1-4,6,8,13-14H,5,7,9-12,24H2,(H,25,30)(H,26,28). The van der Waals surface area contributed by atoms with Crippen molar-refractivity contribution in [2.24, 2.45) is 5.73 Å². The van der Waals surface area contributed by atoms with E-state index in [0.29, 0.717) is 53.3 Å². The second-order valence-electron chi connectivity index (χ2n) is 17.8. The molecule has 18 nitrogen and oxygen atoms in total. The number of rotatable bonds is 13. The van der Waals surface area contributed by atoms with Crippen LogP contribution < -0.4 is 42.6 Å². The van der Waals surface area contributed by atoms with Gasteiger partial charge in [-0.25, -0.2) is 24.7 Å². The summed E-state index contributed by atoms with van der Waals surface area (Å²) in [6.07, 6.45) is 4.13. The lowest BCUT2D eigenvalue weighted by atomic mass is 10.1.